The minimum absolute atomic E-state index is 0.821. The molecule has 6 nitrogen and oxygen atoms in total. The van der Waals surface area contributed by atoms with Crippen LogP contribution in [0.15, 0.2) is 21.8 Å². The second-order valence-corrected chi connectivity index (χ2v) is 4.58. The zero-order chi connectivity index (χ0) is 13.5. The largest absolute Gasteiger partial charge is 0.364 e. The predicted molar refractivity (Wildman–Crippen MR) is 75.0 cm³/mol. The summed E-state index contributed by atoms with van der Waals surface area (Å²) in [4.78, 5) is 9.24. The predicted octanol–water partition coefficient (Wildman–Crippen LogP) is 0.778. The lowest BCUT2D eigenvalue weighted by molar-refractivity contribution is 0.169. The van der Waals surface area contributed by atoms with Gasteiger partial charge < -0.3 is 14.7 Å². The van der Waals surface area contributed by atoms with Crippen LogP contribution < -0.4 is 5.32 Å². The molecule has 1 aliphatic heterocycles. The van der Waals surface area contributed by atoms with E-state index in [0.29, 0.717) is 0 Å². The van der Waals surface area contributed by atoms with Gasteiger partial charge in [0.2, 0.25) is 0 Å². The maximum absolute atomic E-state index is 4.86. The number of aliphatic imine (C=N–C) groups is 1. The molecule has 0 unspecified atom stereocenters. The van der Waals surface area contributed by atoms with Crippen LogP contribution in [0.4, 0.5) is 0 Å². The van der Waals surface area contributed by atoms with E-state index in [0.717, 1.165) is 57.5 Å². The monoisotopic (exact) mass is 265 g/mol. The Morgan fingerprint density at radius 3 is 2.74 bits per heavy atom. The zero-order valence-electron chi connectivity index (χ0n) is 11.8. The van der Waals surface area contributed by atoms with Gasteiger partial charge in [-0.15, -0.1) is 0 Å². The summed E-state index contributed by atoms with van der Waals surface area (Å²) in [6.07, 6.45) is 1.63. The SMILES string of the molecule is CCN=C(NCC)N1CCN(Cc2ccon2)CC1. The van der Waals surface area contributed by atoms with Crippen LogP contribution in [0.25, 0.3) is 0 Å². The molecule has 0 aliphatic carbocycles. The van der Waals surface area contributed by atoms with E-state index < -0.39 is 0 Å². The van der Waals surface area contributed by atoms with Gasteiger partial charge in [-0.3, -0.25) is 9.89 Å². The minimum atomic E-state index is 0.821. The van der Waals surface area contributed by atoms with Gasteiger partial charge in [-0.05, 0) is 13.8 Å². The third-order valence-corrected chi connectivity index (χ3v) is 3.19. The van der Waals surface area contributed by atoms with Crippen LogP contribution in [0, 0.1) is 0 Å². The Kier molecular flexibility index (Phi) is 5.20. The van der Waals surface area contributed by atoms with Crippen molar-refractivity contribution in [1.82, 2.24) is 20.3 Å². The second-order valence-electron chi connectivity index (χ2n) is 4.58. The van der Waals surface area contributed by atoms with Crippen LogP contribution >= 0.6 is 0 Å². The summed E-state index contributed by atoms with van der Waals surface area (Å²) in [5.41, 5.74) is 1.00. The molecule has 1 aromatic rings. The van der Waals surface area contributed by atoms with Crippen molar-refractivity contribution in [3.8, 4) is 0 Å². The first-order valence-electron chi connectivity index (χ1n) is 6.98. The summed E-state index contributed by atoms with van der Waals surface area (Å²) >= 11 is 0. The molecule has 0 amide bonds. The molecule has 1 N–H and O–H groups in total. The summed E-state index contributed by atoms with van der Waals surface area (Å²) in [5, 5.41) is 7.30. The highest BCUT2D eigenvalue weighted by atomic mass is 16.5. The molecule has 2 heterocycles. The smallest absolute Gasteiger partial charge is 0.193 e. The number of guanidine groups is 1. The number of piperazine rings is 1. The van der Waals surface area contributed by atoms with Gasteiger partial charge in [0.1, 0.15) is 6.26 Å². The third-order valence-electron chi connectivity index (χ3n) is 3.19. The number of rotatable bonds is 4. The van der Waals surface area contributed by atoms with Crippen molar-refractivity contribution in [2.24, 2.45) is 4.99 Å². The summed E-state index contributed by atoms with van der Waals surface area (Å²) in [7, 11) is 0. The molecular weight excluding hydrogens is 242 g/mol. The lowest BCUT2D eigenvalue weighted by Gasteiger charge is -2.36. The molecule has 0 aromatic carbocycles. The fraction of sp³-hybridized carbons (Fsp3) is 0.692. The van der Waals surface area contributed by atoms with Gasteiger partial charge in [0.05, 0.1) is 5.69 Å². The van der Waals surface area contributed by atoms with Gasteiger partial charge in [-0.1, -0.05) is 5.16 Å². The number of hydrogen-bond donors (Lipinski definition) is 1. The lowest BCUT2D eigenvalue weighted by atomic mass is 10.3. The number of hydrogen-bond acceptors (Lipinski definition) is 4. The highest BCUT2D eigenvalue weighted by Gasteiger charge is 2.19. The molecule has 0 atom stereocenters. The quantitative estimate of drug-likeness (QED) is 0.644. The van der Waals surface area contributed by atoms with Gasteiger partial charge in [0.25, 0.3) is 0 Å². The number of nitrogens with one attached hydrogen (secondary N) is 1. The third kappa shape index (κ3) is 3.96. The van der Waals surface area contributed by atoms with Gasteiger partial charge in [0, 0.05) is 51.9 Å². The molecule has 1 fully saturated rings. The Hall–Kier alpha value is -1.56. The van der Waals surface area contributed by atoms with Crippen LogP contribution in [0.2, 0.25) is 0 Å². The Morgan fingerprint density at radius 1 is 1.37 bits per heavy atom. The van der Waals surface area contributed by atoms with Crippen molar-refractivity contribution in [1.29, 1.82) is 0 Å². The van der Waals surface area contributed by atoms with Crippen molar-refractivity contribution < 1.29 is 4.52 Å². The molecule has 0 spiro atoms. The highest BCUT2D eigenvalue weighted by Crippen LogP contribution is 2.07. The van der Waals surface area contributed by atoms with Gasteiger partial charge >= 0.3 is 0 Å². The van der Waals surface area contributed by atoms with E-state index in [4.69, 9.17) is 4.52 Å². The molecule has 1 aromatic heterocycles. The van der Waals surface area contributed by atoms with Gasteiger partial charge in [0.15, 0.2) is 5.96 Å². The molecule has 0 bridgehead atoms. The van der Waals surface area contributed by atoms with Crippen LogP contribution in [0.5, 0.6) is 0 Å². The topological polar surface area (TPSA) is 56.9 Å². The Bertz CT molecular complexity index is 382. The number of nitrogens with zero attached hydrogens (tertiary/aromatic N) is 4. The molecule has 1 aliphatic rings. The highest BCUT2D eigenvalue weighted by molar-refractivity contribution is 5.80. The van der Waals surface area contributed by atoms with E-state index in [1.54, 1.807) is 6.26 Å². The van der Waals surface area contributed by atoms with Crippen LogP contribution in [0.3, 0.4) is 0 Å². The fourth-order valence-corrected chi connectivity index (χ4v) is 2.24. The van der Waals surface area contributed by atoms with Crippen LogP contribution in [0.1, 0.15) is 19.5 Å². The molecule has 106 valence electrons. The first-order chi connectivity index (χ1) is 9.33. The van der Waals surface area contributed by atoms with Crippen molar-refractivity contribution in [3.05, 3.63) is 18.0 Å². The van der Waals surface area contributed by atoms with Crippen molar-refractivity contribution in [3.63, 3.8) is 0 Å². The van der Waals surface area contributed by atoms with Crippen molar-refractivity contribution in [2.75, 3.05) is 39.3 Å². The minimum Gasteiger partial charge on any atom is -0.364 e. The normalized spacial score (nSPS) is 17.8. The maximum atomic E-state index is 4.86. The Balaban J connectivity index is 1.82. The molecule has 1 saturated heterocycles. The molecule has 0 saturated carbocycles. The Labute approximate surface area is 114 Å². The van der Waals surface area contributed by atoms with Crippen molar-refractivity contribution in [2.45, 2.75) is 20.4 Å². The van der Waals surface area contributed by atoms with E-state index in [1.807, 2.05) is 6.07 Å². The zero-order valence-corrected chi connectivity index (χ0v) is 11.8. The van der Waals surface area contributed by atoms with Gasteiger partial charge in [-0.25, -0.2) is 0 Å². The summed E-state index contributed by atoms with van der Waals surface area (Å²) < 4.78 is 4.86. The average Bonchev–Trinajstić information content (AvgIpc) is 2.92. The first kappa shape index (κ1) is 13.9. The second kappa shape index (κ2) is 7.13. The van der Waals surface area contributed by atoms with Gasteiger partial charge in [-0.2, -0.15) is 0 Å². The summed E-state index contributed by atoms with van der Waals surface area (Å²) in [6, 6.07) is 1.93. The maximum Gasteiger partial charge on any atom is 0.193 e. The summed E-state index contributed by atoms with van der Waals surface area (Å²) in [5.74, 6) is 1.03. The fourth-order valence-electron chi connectivity index (χ4n) is 2.24. The van der Waals surface area contributed by atoms with E-state index in [-0.39, 0.29) is 0 Å². The van der Waals surface area contributed by atoms with E-state index in [1.165, 1.54) is 0 Å². The molecular formula is C13H23N5O. The van der Waals surface area contributed by atoms with Crippen LogP contribution in [-0.4, -0.2) is 60.2 Å². The molecule has 0 radical (unpaired) electrons. The standard InChI is InChI=1S/C13H23N5O/c1-3-14-13(15-4-2)18-8-6-17(7-9-18)11-12-5-10-19-16-12/h5,10H,3-4,6-9,11H2,1-2H3,(H,14,15). The van der Waals surface area contributed by atoms with Crippen molar-refractivity contribution >= 4 is 5.96 Å². The van der Waals surface area contributed by atoms with E-state index in [2.05, 4.69) is 39.1 Å². The number of aromatic nitrogens is 1. The summed E-state index contributed by atoms with van der Waals surface area (Å²) in [6.45, 7) is 10.8. The average molecular weight is 265 g/mol. The molecule has 19 heavy (non-hydrogen) atoms. The molecule has 2 rings (SSSR count). The first-order valence-corrected chi connectivity index (χ1v) is 6.98. The molecule has 6 heteroatoms. The van der Waals surface area contributed by atoms with Crippen LogP contribution in [-0.2, 0) is 6.54 Å². The van der Waals surface area contributed by atoms with E-state index >= 15 is 0 Å². The lowest BCUT2D eigenvalue weighted by Crippen LogP contribution is -2.52. The van der Waals surface area contributed by atoms with E-state index in [9.17, 15) is 0 Å². The Morgan fingerprint density at radius 2 is 2.16 bits per heavy atom.